The first-order valence-electron chi connectivity index (χ1n) is 3.24. The summed E-state index contributed by atoms with van der Waals surface area (Å²) >= 11 is 0. The molecule has 4 heteroatoms. The van der Waals surface area contributed by atoms with Crippen molar-refractivity contribution in [2.75, 3.05) is 0 Å². The minimum atomic E-state index is -0.500. The van der Waals surface area contributed by atoms with Gasteiger partial charge >= 0.3 is 0 Å². The Hall–Kier alpha value is -1.29. The smallest absolute Gasteiger partial charge is 0.138 e. The molecule has 58 valence electrons. The van der Waals surface area contributed by atoms with E-state index in [1.165, 1.54) is 6.08 Å². The van der Waals surface area contributed by atoms with Crippen LogP contribution >= 0.6 is 0 Å². The van der Waals surface area contributed by atoms with Crippen LogP contribution in [0.5, 0.6) is 0 Å². The van der Waals surface area contributed by atoms with Gasteiger partial charge in [0, 0.05) is 6.20 Å². The molecule has 2 aliphatic heterocycles. The van der Waals surface area contributed by atoms with Crippen LogP contribution in [0.25, 0.3) is 0 Å². The Bertz CT molecular complexity index is 270. The third-order valence-electron chi connectivity index (χ3n) is 1.66. The lowest BCUT2D eigenvalue weighted by Gasteiger charge is -2.36. The Morgan fingerprint density at radius 2 is 2.45 bits per heavy atom. The summed E-state index contributed by atoms with van der Waals surface area (Å²) in [5.41, 5.74) is 0.667. The van der Waals surface area contributed by atoms with Gasteiger partial charge in [-0.25, -0.2) is 4.39 Å². The number of hydroxylamine groups is 2. The molecule has 2 heterocycles. The standard InChI is InChI=1S/C7H6FN2O/c8-6-3-5-1-2-9-7(5)10(11)4-6/h1-4,7,9H/q-1. The molecule has 11 heavy (non-hydrogen) atoms. The number of nitrogens with zero attached hydrogens (tertiary/aromatic N) is 1. The van der Waals surface area contributed by atoms with E-state index in [0.717, 1.165) is 6.20 Å². The highest BCUT2D eigenvalue weighted by Crippen LogP contribution is 2.22. The molecule has 1 N–H and O–H groups in total. The molecule has 0 saturated carbocycles. The van der Waals surface area contributed by atoms with Crippen molar-refractivity contribution < 1.29 is 4.39 Å². The van der Waals surface area contributed by atoms with Gasteiger partial charge in [-0.15, -0.1) is 0 Å². The van der Waals surface area contributed by atoms with Gasteiger partial charge in [-0.1, -0.05) is 0 Å². The highest BCUT2D eigenvalue weighted by molar-refractivity contribution is 5.38. The van der Waals surface area contributed by atoms with Crippen molar-refractivity contribution in [1.82, 2.24) is 10.4 Å². The Morgan fingerprint density at radius 1 is 1.64 bits per heavy atom. The summed E-state index contributed by atoms with van der Waals surface area (Å²) in [6, 6.07) is 0. The quantitative estimate of drug-likeness (QED) is 0.563. The molecule has 0 aromatic carbocycles. The van der Waals surface area contributed by atoms with E-state index in [0.29, 0.717) is 10.6 Å². The normalized spacial score (nSPS) is 27.5. The van der Waals surface area contributed by atoms with Gasteiger partial charge in [0.2, 0.25) is 0 Å². The van der Waals surface area contributed by atoms with Crippen molar-refractivity contribution >= 4 is 0 Å². The highest BCUT2D eigenvalue weighted by atomic mass is 19.1. The van der Waals surface area contributed by atoms with Gasteiger partial charge in [0.25, 0.3) is 0 Å². The van der Waals surface area contributed by atoms with E-state index >= 15 is 0 Å². The second-order valence-corrected chi connectivity index (χ2v) is 2.42. The molecule has 0 saturated heterocycles. The fourth-order valence-electron chi connectivity index (χ4n) is 1.16. The number of hydrogen-bond acceptors (Lipinski definition) is 3. The predicted molar refractivity (Wildman–Crippen MR) is 38.5 cm³/mol. The van der Waals surface area contributed by atoms with Crippen molar-refractivity contribution in [3.8, 4) is 0 Å². The fourth-order valence-corrected chi connectivity index (χ4v) is 1.16. The van der Waals surface area contributed by atoms with Crippen LogP contribution in [-0.4, -0.2) is 11.2 Å². The summed E-state index contributed by atoms with van der Waals surface area (Å²) < 4.78 is 12.6. The number of hydrogen-bond donors (Lipinski definition) is 1. The van der Waals surface area contributed by atoms with Crippen molar-refractivity contribution in [3.63, 3.8) is 0 Å². The van der Waals surface area contributed by atoms with Crippen LogP contribution in [0.15, 0.2) is 36.0 Å². The largest absolute Gasteiger partial charge is 0.757 e. The summed E-state index contributed by atoms with van der Waals surface area (Å²) in [4.78, 5) is 0. The first-order valence-corrected chi connectivity index (χ1v) is 3.24. The van der Waals surface area contributed by atoms with Crippen molar-refractivity contribution in [2.24, 2.45) is 0 Å². The minimum absolute atomic E-state index is 0.422. The molecule has 3 nitrogen and oxygen atoms in total. The molecule has 2 rings (SSSR count). The molecule has 0 bridgehead atoms. The first kappa shape index (κ1) is 6.42. The molecule has 0 aromatic heterocycles. The second kappa shape index (κ2) is 2.10. The van der Waals surface area contributed by atoms with E-state index in [9.17, 15) is 9.60 Å². The Kier molecular flexibility index (Phi) is 1.22. The van der Waals surface area contributed by atoms with Crippen LogP contribution in [0, 0.1) is 5.21 Å². The van der Waals surface area contributed by atoms with Gasteiger partial charge in [-0.3, -0.25) is 0 Å². The molecule has 1 unspecified atom stereocenters. The molecule has 0 spiro atoms. The number of halogens is 1. The Morgan fingerprint density at radius 3 is 3.27 bits per heavy atom. The van der Waals surface area contributed by atoms with Gasteiger partial charge in [0.05, 0.1) is 0 Å². The number of allylic oxidation sites excluding steroid dienone is 2. The van der Waals surface area contributed by atoms with Crippen LogP contribution in [0.1, 0.15) is 0 Å². The van der Waals surface area contributed by atoms with Crippen LogP contribution in [-0.2, 0) is 0 Å². The maximum atomic E-state index is 12.6. The maximum Gasteiger partial charge on any atom is 0.138 e. The Labute approximate surface area is 63.1 Å². The maximum absolute atomic E-state index is 12.6. The van der Waals surface area contributed by atoms with E-state index in [-0.39, 0.29) is 0 Å². The monoisotopic (exact) mass is 153 g/mol. The predicted octanol–water partition coefficient (Wildman–Crippen LogP) is 0.980. The summed E-state index contributed by atoms with van der Waals surface area (Å²) in [6.45, 7) is 0. The van der Waals surface area contributed by atoms with E-state index in [4.69, 9.17) is 0 Å². The van der Waals surface area contributed by atoms with Gasteiger partial charge in [0.15, 0.2) is 0 Å². The highest BCUT2D eigenvalue weighted by Gasteiger charge is 2.19. The Balaban J connectivity index is 2.35. The van der Waals surface area contributed by atoms with Gasteiger partial charge in [-0.05, 0) is 23.9 Å². The molecule has 2 aliphatic rings. The number of nitrogens with one attached hydrogen (secondary N) is 1. The van der Waals surface area contributed by atoms with E-state index in [2.05, 4.69) is 5.32 Å². The zero-order valence-corrected chi connectivity index (χ0v) is 5.62. The van der Waals surface area contributed by atoms with Gasteiger partial charge in [-0.2, -0.15) is 0 Å². The van der Waals surface area contributed by atoms with E-state index in [1.807, 2.05) is 0 Å². The lowest BCUT2D eigenvalue weighted by atomic mass is 10.2. The third-order valence-corrected chi connectivity index (χ3v) is 1.66. The topological polar surface area (TPSA) is 38.3 Å². The molecule has 1 atom stereocenters. The summed E-state index contributed by atoms with van der Waals surface area (Å²) in [6.07, 6.45) is 5.16. The van der Waals surface area contributed by atoms with Crippen molar-refractivity contribution in [3.05, 3.63) is 41.2 Å². The summed E-state index contributed by atoms with van der Waals surface area (Å²) in [7, 11) is 0. The second-order valence-electron chi connectivity index (χ2n) is 2.42. The zero-order chi connectivity index (χ0) is 7.84. The lowest BCUT2D eigenvalue weighted by molar-refractivity contribution is 0.374. The SMILES string of the molecule is [O-]N1C=C(F)C=C2C=CNC21. The van der Waals surface area contributed by atoms with Gasteiger partial charge in [0.1, 0.15) is 12.0 Å². The summed E-state index contributed by atoms with van der Waals surface area (Å²) in [5.74, 6) is -0.500. The first-order chi connectivity index (χ1) is 5.27. The summed E-state index contributed by atoms with van der Waals surface area (Å²) in [5, 5.41) is 14.3. The molecular weight excluding hydrogens is 147 g/mol. The van der Waals surface area contributed by atoms with Crippen LogP contribution in [0.3, 0.4) is 0 Å². The minimum Gasteiger partial charge on any atom is -0.757 e. The van der Waals surface area contributed by atoms with Crippen LogP contribution in [0.2, 0.25) is 0 Å². The van der Waals surface area contributed by atoms with Crippen LogP contribution in [0.4, 0.5) is 4.39 Å². The molecule has 0 aliphatic carbocycles. The molecular formula is C7H6FN2O-. The van der Waals surface area contributed by atoms with Crippen LogP contribution < -0.4 is 5.32 Å². The average Bonchev–Trinajstić information content (AvgIpc) is 2.34. The zero-order valence-electron chi connectivity index (χ0n) is 5.62. The molecule has 0 radical (unpaired) electrons. The van der Waals surface area contributed by atoms with E-state index in [1.54, 1.807) is 12.3 Å². The molecule has 0 fully saturated rings. The third kappa shape index (κ3) is 0.914. The number of fused-ring (bicyclic) bond motifs is 1. The van der Waals surface area contributed by atoms with Crippen molar-refractivity contribution in [2.45, 2.75) is 6.17 Å². The van der Waals surface area contributed by atoms with Crippen molar-refractivity contribution in [1.29, 1.82) is 0 Å². The lowest BCUT2D eigenvalue weighted by Crippen LogP contribution is -2.36. The van der Waals surface area contributed by atoms with Gasteiger partial charge < -0.3 is 15.6 Å². The molecule has 0 amide bonds. The number of rotatable bonds is 0. The molecule has 0 aromatic rings. The fraction of sp³-hybridized carbons (Fsp3) is 0.143. The average molecular weight is 153 g/mol. The van der Waals surface area contributed by atoms with E-state index < -0.39 is 12.0 Å².